The minimum absolute atomic E-state index is 0.0563. The van der Waals surface area contributed by atoms with Gasteiger partial charge >= 0.3 is 0 Å². The SMILES string of the molecule is CCOc1cc(C=Nc2ccc(C)cc2C)cc(I)c1OCc1ccc([N+](=O)[O-])cc1. The van der Waals surface area contributed by atoms with Crippen LogP contribution in [0.2, 0.25) is 0 Å². The average molecular weight is 530 g/mol. The van der Waals surface area contributed by atoms with Crippen molar-refractivity contribution in [2.75, 3.05) is 6.61 Å². The summed E-state index contributed by atoms with van der Waals surface area (Å²) in [5.74, 6) is 1.28. The maximum Gasteiger partial charge on any atom is 0.269 e. The Morgan fingerprint density at radius 1 is 1.06 bits per heavy atom. The Kier molecular flexibility index (Phi) is 7.62. The highest BCUT2D eigenvalue weighted by atomic mass is 127. The number of hydrogen-bond acceptors (Lipinski definition) is 5. The molecule has 0 aliphatic heterocycles. The van der Waals surface area contributed by atoms with Gasteiger partial charge in [-0.05, 0) is 90.4 Å². The van der Waals surface area contributed by atoms with E-state index in [1.807, 2.05) is 44.3 Å². The van der Waals surface area contributed by atoms with Crippen LogP contribution in [0.15, 0.2) is 59.6 Å². The van der Waals surface area contributed by atoms with Crippen LogP contribution in [0.1, 0.15) is 29.2 Å². The van der Waals surface area contributed by atoms with Crippen LogP contribution < -0.4 is 9.47 Å². The Bertz CT molecular complexity index is 1110. The Balaban J connectivity index is 1.81. The molecule has 160 valence electrons. The van der Waals surface area contributed by atoms with Gasteiger partial charge in [-0.2, -0.15) is 0 Å². The number of rotatable bonds is 8. The molecule has 0 spiro atoms. The third-order valence-corrected chi connectivity index (χ3v) is 5.37. The Morgan fingerprint density at radius 2 is 1.81 bits per heavy atom. The zero-order valence-electron chi connectivity index (χ0n) is 17.6. The number of nitro benzene ring substituents is 1. The first kappa shape index (κ1) is 22.7. The number of non-ortho nitro benzene ring substituents is 1. The lowest BCUT2D eigenvalue weighted by Gasteiger charge is -2.15. The normalized spacial score (nSPS) is 11.0. The quantitative estimate of drug-likeness (QED) is 0.143. The van der Waals surface area contributed by atoms with E-state index in [0.717, 1.165) is 25.9 Å². The fourth-order valence-electron chi connectivity index (χ4n) is 3.03. The van der Waals surface area contributed by atoms with E-state index in [0.29, 0.717) is 18.1 Å². The topological polar surface area (TPSA) is 74.0 Å². The molecule has 6 nitrogen and oxygen atoms in total. The highest BCUT2D eigenvalue weighted by molar-refractivity contribution is 14.1. The Morgan fingerprint density at radius 3 is 2.45 bits per heavy atom. The number of aliphatic imine (C=N–C) groups is 1. The zero-order chi connectivity index (χ0) is 22.4. The molecule has 31 heavy (non-hydrogen) atoms. The molecule has 0 atom stereocenters. The van der Waals surface area contributed by atoms with Crippen LogP contribution in [-0.4, -0.2) is 17.7 Å². The lowest BCUT2D eigenvalue weighted by Crippen LogP contribution is -2.02. The van der Waals surface area contributed by atoms with Crippen molar-refractivity contribution in [3.05, 3.63) is 90.5 Å². The van der Waals surface area contributed by atoms with Crippen molar-refractivity contribution in [1.29, 1.82) is 0 Å². The number of hydrogen-bond donors (Lipinski definition) is 0. The van der Waals surface area contributed by atoms with Gasteiger partial charge in [0.25, 0.3) is 5.69 Å². The van der Waals surface area contributed by atoms with Crippen molar-refractivity contribution in [3.8, 4) is 11.5 Å². The molecular weight excluding hydrogens is 507 g/mol. The first-order chi connectivity index (χ1) is 14.9. The lowest BCUT2D eigenvalue weighted by atomic mass is 10.1. The molecule has 0 fully saturated rings. The van der Waals surface area contributed by atoms with Gasteiger partial charge in [0.05, 0.1) is 20.8 Å². The van der Waals surface area contributed by atoms with Gasteiger partial charge in [0, 0.05) is 18.3 Å². The summed E-state index contributed by atoms with van der Waals surface area (Å²) in [7, 11) is 0. The van der Waals surface area contributed by atoms with Gasteiger partial charge in [-0.15, -0.1) is 0 Å². The second kappa shape index (κ2) is 10.4. The molecule has 0 unspecified atom stereocenters. The van der Waals surface area contributed by atoms with Gasteiger partial charge < -0.3 is 9.47 Å². The van der Waals surface area contributed by atoms with Gasteiger partial charge in [-0.25, -0.2) is 0 Å². The molecule has 7 heteroatoms. The molecule has 3 rings (SSSR count). The highest BCUT2D eigenvalue weighted by Crippen LogP contribution is 2.35. The molecule has 0 radical (unpaired) electrons. The predicted octanol–water partition coefficient (Wildman–Crippen LogP) is 6.54. The van der Waals surface area contributed by atoms with Gasteiger partial charge in [-0.3, -0.25) is 15.1 Å². The standard InChI is InChI=1S/C24H23IN2O4/c1-4-30-23-13-19(14-26-22-10-5-16(2)11-17(22)3)12-21(25)24(23)31-15-18-6-8-20(9-7-18)27(28)29/h5-14H,4,15H2,1-3H3. The van der Waals surface area contributed by atoms with Crippen molar-refractivity contribution < 1.29 is 14.4 Å². The van der Waals surface area contributed by atoms with Crippen LogP contribution >= 0.6 is 22.6 Å². The fraction of sp³-hybridized carbons (Fsp3) is 0.208. The molecule has 3 aromatic rings. The first-order valence-corrected chi connectivity index (χ1v) is 10.9. The molecule has 0 bridgehead atoms. The molecule has 0 aliphatic carbocycles. The molecule has 3 aromatic carbocycles. The third-order valence-electron chi connectivity index (χ3n) is 4.57. The summed E-state index contributed by atoms with van der Waals surface area (Å²) >= 11 is 2.22. The van der Waals surface area contributed by atoms with E-state index in [4.69, 9.17) is 9.47 Å². The largest absolute Gasteiger partial charge is 0.490 e. The number of benzene rings is 3. The van der Waals surface area contributed by atoms with Crippen LogP contribution in [0.4, 0.5) is 11.4 Å². The summed E-state index contributed by atoms with van der Waals surface area (Å²) < 4.78 is 12.7. The molecule has 0 heterocycles. The van der Waals surface area contributed by atoms with E-state index in [1.165, 1.54) is 17.7 Å². The molecule has 0 saturated carbocycles. The molecule has 0 N–H and O–H groups in total. The van der Waals surface area contributed by atoms with Crippen LogP contribution in [0.3, 0.4) is 0 Å². The summed E-state index contributed by atoms with van der Waals surface area (Å²) in [6.07, 6.45) is 1.82. The summed E-state index contributed by atoms with van der Waals surface area (Å²) in [5, 5.41) is 10.8. The molecule has 0 amide bonds. The molecule has 0 aliphatic rings. The molecule has 0 saturated heterocycles. The van der Waals surface area contributed by atoms with Crippen LogP contribution in [-0.2, 0) is 6.61 Å². The van der Waals surface area contributed by atoms with Gasteiger partial charge in [0.15, 0.2) is 11.5 Å². The van der Waals surface area contributed by atoms with Gasteiger partial charge in [0.2, 0.25) is 0 Å². The van der Waals surface area contributed by atoms with E-state index < -0.39 is 4.92 Å². The molecule has 0 aromatic heterocycles. The monoisotopic (exact) mass is 530 g/mol. The van der Waals surface area contributed by atoms with Gasteiger partial charge in [0.1, 0.15) is 6.61 Å². The van der Waals surface area contributed by atoms with Crippen LogP contribution in [0.5, 0.6) is 11.5 Å². The second-order valence-corrected chi connectivity index (χ2v) is 8.19. The Hall–Kier alpha value is -2.94. The maximum absolute atomic E-state index is 10.8. The van der Waals surface area contributed by atoms with Crippen molar-refractivity contribution in [2.24, 2.45) is 4.99 Å². The number of nitro groups is 1. The van der Waals surface area contributed by atoms with Crippen molar-refractivity contribution in [2.45, 2.75) is 27.4 Å². The van der Waals surface area contributed by atoms with Crippen molar-refractivity contribution in [3.63, 3.8) is 0 Å². The van der Waals surface area contributed by atoms with E-state index in [1.54, 1.807) is 12.1 Å². The summed E-state index contributed by atoms with van der Waals surface area (Å²) in [6.45, 7) is 6.81. The highest BCUT2D eigenvalue weighted by Gasteiger charge is 2.13. The van der Waals surface area contributed by atoms with Crippen LogP contribution in [0, 0.1) is 27.5 Å². The number of halogens is 1. The van der Waals surface area contributed by atoms with Gasteiger partial charge in [-0.1, -0.05) is 17.7 Å². The third kappa shape index (κ3) is 6.04. The summed E-state index contributed by atoms with van der Waals surface area (Å²) in [5.41, 5.74) is 5.07. The number of aryl methyl sites for hydroxylation is 2. The van der Waals surface area contributed by atoms with Crippen molar-refractivity contribution in [1.82, 2.24) is 0 Å². The van der Waals surface area contributed by atoms with E-state index in [-0.39, 0.29) is 12.3 Å². The molecular formula is C24H23IN2O4. The van der Waals surface area contributed by atoms with E-state index in [9.17, 15) is 10.1 Å². The summed E-state index contributed by atoms with van der Waals surface area (Å²) in [4.78, 5) is 15.0. The van der Waals surface area contributed by atoms with Crippen molar-refractivity contribution >= 4 is 40.2 Å². The second-order valence-electron chi connectivity index (χ2n) is 7.02. The average Bonchev–Trinajstić information content (AvgIpc) is 2.73. The minimum atomic E-state index is -0.418. The van der Waals surface area contributed by atoms with Crippen LogP contribution in [0.25, 0.3) is 0 Å². The van der Waals surface area contributed by atoms with E-state index in [2.05, 4.69) is 40.6 Å². The maximum atomic E-state index is 10.8. The number of nitrogens with zero attached hydrogens (tertiary/aromatic N) is 2. The zero-order valence-corrected chi connectivity index (χ0v) is 19.8. The summed E-state index contributed by atoms with van der Waals surface area (Å²) in [6, 6.07) is 16.4. The predicted molar refractivity (Wildman–Crippen MR) is 131 cm³/mol. The number of ether oxygens (including phenoxy) is 2. The lowest BCUT2D eigenvalue weighted by molar-refractivity contribution is -0.384. The first-order valence-electron chi connectivity index (χ1n) is 9.81. The fourth-order valence-corrected chi connectivity index (χ4v) is 3.81. The smallest absolute Gasteiger partial charge is 0.269 e. The minimum Gasteiger partial charge on any atom is -0.490 e. The van der Waals surface area contributed by atoms with E-state index >= 15 is 0 Å². The Labute approximate surface area is 195 Å².